The van der Waals surface area contributed by atoms with Crippen molar-refractivity contribution in [3.05, 3.63) is 99.8 Å². The van der Waals surface area contributed by atoms with Gasteiger partial charge in [0.2, 0.25) is 5.91 Å². The summed E-state index contributed by atoms with van der Waals surface area (Å²) in [5.74, 6) is -0.0530. The summed E-state index contributed by atoms with van der Waals surface area (Å²) in [6.45, 7) is 4.07. The lowest BCUT2D eigenvalue weighted by molar-refractivity contribution is -0.120. The predicted octanol–water partition coefficient (Wildman–Crippen LogP) is 5.11. The second-order valence-corrected chi connectivity index (χ2v) is 9.58. The van der Waals surface area contributed by atoms with Gasteiger partial charge < -0.3 is 5.32 Å². The third kappa shape index (κ3) is 4.44. The van der Waals surface area contributed by atoms with Crippen LogP contribution in [-0.4, -0.2) is 21.5 Å². The number of nitrogens with one attached hydrogen (secondary N) is 1. The molecule has 1 atom stereocenters. The molecule has 166 valence electrons. The second kappa shape index (κ2) is 8.87. The number of para-hydroxylation sites is 1. The molecule has 1 aromatic heterocycles. The average molecular weight is 456 g/mol. The number of rotatable bonds is 6. The number of aryl methyl sites for hydroxylation is 2. The number of hydrogen-bond donors (Lipinski definition) is 1. The summed E-state index contributed by atoms with van der Waals surface area (Å²) >= 11 is 1.32. The second-order valence-electron chi connectivity index (χ2n) is 8.51. The molecular weight excluding hydrogens is 430 g/mol. The zero-order valence-corrected chi connectivity index (χ0v) is 19.4. The van der Waals surface area contributed by atoms with Crippen molar-refractivity contribution in [1.82, 2.24) is 14.9 Å². The highest BCUT2D eigenvalue weighted by atomic mass is 32.2. The van der Waals surface area contributed by atoms with Crippen LogP contribution in [0.4, 0.5) is 0 Å². The quantitative estimate of drug-likeness (QED) is 0.324. The monoisotopic (exact) mass is 455 g/mol. The first-order valence-corrected chi connectivity index (χ1v) is 12.0. The first-order chi connectivity index (χ1) is 16.0. The number of benzene rings is 3. The Morgan fingerprint density at radius 1 is 1.00 bits per heavy atom. The minimum Gasteiger partial charge on any atom is -0.352 e. The van der Waals surface area contributed by atoms with Crippen LogP contribution in [-0.2, 0) is 4.79 Å². The van der Waals surface area contributed by atoms with Crippen LogP contribution < -0.4 is 10.9 Å². The molecule has 1 fully saturated rings. The molecule has 5 rings (SSSR count). The van der Waals surface area contributed by atoms with Gasteiger partial charge in [-0.25, -0.2) is 4.98 Å². The van der Waals surface area contributed by atoms with Crippen molar-refractivity contribution >= 4 is 28.6 Å². The van der Waals surface area contributed by atoms with Gasteiger partial charge in [-0.05, 0) is 67.6 Å². The first-order valence-electron chi connectivity index (χ1n) is 11.1. The van der Waals surface area contributed by atoms with Gasteiger partial charge in [0.25, 0.3) is 5.56 Å². The van der Waals surface area contributed by atoms with Gasteiger partial charge in [-0.1, -0.05) is 60.3 Å². The van der Waals surface area contributed by atoms with Gasteiger partial charge in [-0.2, -0.15) is 0 Å². The van der Waals surface area contributed by atoms with Gasteiger partial charge in [-0.15, -0.1) is 0 Å². The molecule has 0 bridgehead atoms. The van der Waals surface area contributed by atoms with Crippen LogP contribution in [0.3, 0.4) is 0 Å². The summed E-state index contributed by atoms with van der Waals surface area (Å²) in [6, 6.07) is 23.2. The largest absolute Gasteiger partial charge is 0.352 e. The molecule has 0 aliphatic heterocycles. The highest BCUT2D eigenvalue weighted by Gasteiger charge is 2.30. The fraction of sp³-hybridized carbons (Fsp3) is 0.222. The van der Waals surface area contributed by atoms with Crippen molar-refractivity contribution in [2.45, 2.75) is 43.1 Å². The van der Waals surface area contributed by atoms with Gasteiger partial charge >= 0.3 is 0 Å². The van der Waals surface area contributed by atoms with Gasteiger partial charge in [0.05, 0.1) is 16.6 Å². The predicted molar refractivity (Wildman–Crippen MR) is 133 cm³/mol. The lowest BCUT2D eigenvalue weighted by Gasteiger charge is -2.20. The number of carbonyl (C=O) groups excluding carboxylic acids is 1. The van der Waals surface area contributed by atoms with Crippen molar-refractivity contribution in [3.63, 3.8) is 0 Å². The van der Waals surface area contributed by atoms with E-state index in [9.17, 15) is 9.59 Å². The highest BCUT2D eigenvalue weighted by Crippen LogP contribution is 2.36. The van der Waals surface area contributed by atoms with E-state index in [2.05, 4.69) is 5.32 Å². The van der Waals surface area contributed by atoms with Crippen LogP contribution in [0.2, 0.25) is 0 Å². The average Bonchev–Trinajstić information content (AvgIpc) is 3.64. The molecule has 1 N–H and O–H groups in total. The topological polar surface area (TPSA) is 64.0 Å². The number of nitrogens with zero attached hydrogens (tertiary/aromatic N) is 2. The van der Waals surface area contributed by atoms with E-state index in [0.717, 1.165) is 35.2 Å². The first kappa shape index (κ1) is 21.5. The Morgan fingerprint density at radius 2 is 1.73 bits per heavy atom. The van der Waals surface area contributed by atoms with E-state index < -0.39 is 5.25 Å². The Morgan fingerprint density at radius 3 is 2.45 bits per heavy atom. The van der Waals surface area contributed by atoms with Crippen LogP contribution in [0.1, 0.15) is 34.8 Å². The van der Waals surface area contributed by atoms with E-state index in [1.165, 1.54) is 11.8 Å². The summed E-state index contributed by atoms with van der Waals surface area (Å²) in [5, 5.41) is 3.67. The van der Waals surface area contributed by atoms with Crippen molar-refractivity contribution in [2.75, 3.05) is 0 Å². The summed E-state index contributed by atoms with van der Waals surface area (Å²) < 4.78 is 1.64. The van der Waals surface area contributed by atoms with E-state index in [-0.39, 0.29) is 17.5 Å². The third-order valence-electron chi connectivity index (χ3n) is 5.98. The van der Waals surface area contributed by atoms with Crippen LogP contribution in [0.25, 0.3) is 16.6 Å². The molecule has 33 heavy (non-hydrogen) atoms. The molecule has 1 amide bonds. The number of fused-ring (bicyclic) bond motifs is 1. The number of thioether (sulfide) groups is 1. The summed E-state index contributed by atoms with van der Waals surface area (Å²) in [7, 11) is 0. The fourth-order valence-corrected chi connectivity index (χ4v) is 4.92. The van der Waals surface area contributed by atoms with Crippen molar-refractivity contribution < 1.29 is 4.79 Å². The Bertz CT molecular complexity index is 1390. The van der Waals surface area contributed by atoms with Crippen LogP contribution in [0.15, 0.2) is 82.7 Å². The van der Waals surface area contributed by atoms with E-state index in [0.29, 0.717) is 16.1 Å². The number of carbonyl (C=O) groups is 1. The van der Waals surface area contributed by atoms with Gasteiger partial charge in [-0.3, -0.25) is 14.2 Å². The maximum absolute atomic E-state index is 13.6. The van der Waals surface area contributed by atoms with E-state index >= 15 is 0 Å². The minimum absolute atomic E-state index is 0.0530. The third-order valence-corrected chi connectivity index (χ3v) is 7.19. The maximum Gasteiger partial charge on any atom is 0.266 e. The molecule has 1 unspecified atom stereocenters. The van der Waals surface area contributed by atoms with E-state index in [4.69, 9.17) is 4.98 Å². The van der Waals surface area contributed by atoms with Crippen LogP contribution in [0, 0.1) is 13.8 Å². The van der Waals surface area contributed by atoms with Crippen molar-refractivity contribution in [1.29, 1.82) is 0 Å². The molecule has 1 saturated carbocycles. The number of aromatic nitrogens is 2. The summed E-state index contributed by atoms with van der Waals surface area (Å²) in [6.07, 6.45) is 2.03. The zero-order chi connectivity index (χ0) is 22.9. The fourth-order valence-electron chi connectivity index (χ4n) is 3.79. The lowest BCUT2D eigenvalue weighted by atomic mass is 10.1. The van der Waals surface area contributed by atoms with Crippen molar-refractivity contribution in [2.24, 2.45) is 0 Å². The van der Waals surface area contributed by atoms with Gasteiger partial charge in [0.1, 0.15) is 5.25 Å². The standard InChI is InChI=1S/C27H25N3O2S/c1-17-12-15-21(16-18(17)2)30-26(32)22-10-6-7-11-23(22)29-27(30)33-24(19-8-4-3-5-9-19)25(31)28-20-13-14-20/h3-12,15-16,20,24H,13-14H2,1-2H3,(H,28,31). The molecule has 1 aliphatic rings. The maximum atomic E-state index is 13.6. The molecular formula is C27H25N3O2S. The molecule has 0 saturated heterocycles. The number of hydrogen-bond acceptors (Lipinski definition) is 4. The Hall–Kier alpha value is -3.38. The SMILES string of the molecule is Cc1ccc(-n2c(SC(C(=O)NC3CC3)c3ccccc3)nc3ccccc3c2=O)cc1C. The molecule has 1 heterocycles. The minimum atomic E-state index is -0.516. The molecule has 6 heteroatoms. The van der Waals surface area contributed by atoms with E-state index in [1.807, 2.05) is 80.6 Å². The Balaban J connectivity index is 1.67. The Labute approximate surface area is 196 Å². The Kier molecular flexibility index (Phi) is 5.77. The van der Waals surface area contributed by atoms with Crippen molar-refractivity contribution in [3.8, 4) is 5.69 Å². The number of amides is 1. The molecule has 5 nitrogen and oxygen atoms in total. The highest BCUT2D eigenvalue weighted by molar-refractivity contribution is 8.00. The molecule has 3 aromatic carbocycles. The summed E-state index contributed by atoms with van der Waals surface area (Å²) in [4.78, 5) is 31.7. The smallest absolute Gasteiger partial charge is 0.266 e. The normalized spacial score (nSPS) is 14.2. The molecule has 0 spiro atoms. The van der Waals surface area contributed by atoms with Crippen LogP contribution >= 0.6 is 11.8 Å². The molecule has 4 aromatic rings. The van der Waals surface area contributed by atoms with Gasteiger partial charge in [0, 0.05) is 6.04 Å². The van der Waals surface area contributed by atoms with Crippen LogP contribution in [0.5, 0.6) is 0 Å². The lowest BCUT2D eigenvalue weighted by Crippen LogP contribution is -2.30. The zero-order valence-electron chi connectivity index (χ0n) is 18.6. The molecule has 0 radical (unpaired) electrons. The molecule has 1 aliphatic carbocycles. The van der Waals surface area contributed by atoms with E-state index in [1.54, 1.807) is 10.6 Å². The van der Waals surface area contributed by atoms with Gasteiger partial charge in [0.15, 0.2) is 5.16 Å². The summed E-state index contributed by atoms with van der Waals surface area (Å²) in [5.41, 5.74) is 4.36.